The van der Waals surface area contributed by atoms with Crippen LogP contribution in [0.4, 0.5) is 10.1 Å². The average Bonchev–Trinajstić information content (AvgIpc) is 2.43. The summed E-state index contributed by atoms with van der Waals surface area (Å²) in [6.45, 7) is 4.06. The number of sulfonamides is 1. The maximum absolute atomic E-state index is 13.1. The minimum absolute atomic E-state index is 0.134. The molecule has 3 nitrogen and oxygen atoms in total. The van der Waals surface area contributed by atoms with Crippen molar-refractivity contribution in [2.24, 2.45) is 0 Å². The van der Waals surface area contributed by atoms with Gasteiger partial charge in [0.25, 0.3) is 10.0 Å². The molecule has 0 aliphatic heterocycles. The summed E-state index contributed by atoms with van der Waals surface area (Å²) in [5, 5.41) is -0.134. The number of rotatable bonds is 4. The summed E-state index contributed by atoms with van der Waals surface area (Å²) in [5.74, 6) is -0.272. The molecule has 2 rings (SSSR count). The second kappa shape index (κ2) is 6.03. The predicted molar refractivity (Wildman–Crippen MR) is 82.7 cm³/mol. The van der Waals surface area contributed by atoms with Gasteiger partial charge in [0.05, 0.1) is 15.6 Å². The van der Waals surface area contributed by atoms with Gasteiger partial charge >= 0.3 is 0 Å². The molecular formula is C15H15ClFNO2S. The Hall–Kier alpha value is -1.59. The fourth-order valence-corrected chi connectivity index (χ4v) is 3.04. The monoisotopic (exact) mass is 327 g/mol. The number of hydrogen-bond acceptors (Lipinski definition) is 2. The van der Waals surface area contributed by atoms with Crippen LogP contribution < -0.4 is 4.72 Å². The maximum atomic E-state index is 13.1. The summed E-state index contributed by atoms with van der Waals surface area (Å²) in [7, 11) is -3.72. The van der Waals surface area contributed by atoms with Gasteiger partial charge in [-0.25, -0.2) is 12.8 Å². The van der Waals surface area contributed by atoms with Gasteiger partial charge in [0.15, 0.2) is 0 Å². The number of halogens is 2. The Morgan fingerprint density at radius 3 is 2.24 bits per heavy atom. The summed E-state index contributed by atoms with van der Waals surface area (Å²) >= 11 is 5.63. The Balaban J connectivity index is 2.27. The maximum Gasteiger partial charge on any atom is 0.261 e. The lowest BCUT2D eigenvalue weighted by Gasteiger charge is -2.10. The van der Waals surface area contributed by atoms with Crippen molar-refractivity contribution in [2.75, 3.05) is 4.72 Å². The first-order valence-electron chi connectivity index (χ1n) is 6.37. The summed E-state index contributed by atoms with van der Waals surface area (Å²) in [6, 6.07) is 10.3. The highest BCUT2D eigenvalue weighted by atomic mass is 35.5. The smallest absolute Gasteiger partial charge is 0.261 e. The van der Waals surface area contributed by atoms with Crippen LogP contribution in [-0.4, -0.2) is 8.42 Å². The van der Waals surface area contributed by atoms with Crippen LogP contribution >= 0.6 is 11.6 Å². The lowest BCUT2D eigenvalue weighted by molar-refractivity contribution is 0.601. The van der Waals surface area contributed by atoms with Crippen LogP contribution in [0.25, 0.3) is 0 Å². The van der Waals surface area contributed by atoms with E-state index in [1.165, 1.54) is 12.1 Å². The van der Waals surface area contributed by atoms with E-state index in [4.69, 9.17) is 11.6 Å². The molecule has 6 heteroatoms. The average molecular weight is 328 g/mol. The van der Waals surface area contributed by atoms with Gasteiger partial charge in [-0.05, 0) is 41.8 Å². The second-order valence-corrected chi connectivity index (χ2v) is 7.05. The first-order valence-corrected chi connectivity index (χ1v) is 8.23. The van der Waals surface area contributed by atoms with Crippen molar-refractivity contribution in [2.45, 2.75) is 24.7 Å². The zero-order valence-electron chi connectivity index (χ0n) is 11.6. The zero-order chi connectivity index (χ0) is 15.6. The van der Waals surface area contributed by atoms with Gasteiger partial charge in [-0.1, -0.05) is 37.6 Å². The van der Waals surface area contributed by atoms with Gasteiger partial charge in [-0.15, -0.1) is 0 Å². The lowest BCUT2D eigenvalue weighted by atomic mass is 10.0. The van der Waals surface area contributed by atoms with Crippen molar-refractivity contribution in [3.8, 4) is 0 Å². The van der Waals surface area contributed by atoms with E-state index >= 15 is 0 Å². The van der Waals surface area contributed by atoms with Crippen molar-refractivity contribution in [3.63, 3.8) is 0 Å². The molecule has 0 aromatic heterocycles. The van der Waals surface area contributed by atoms with E-state index in [0.717, 1.165) is 11.6 Å². The zero-order valence-corrected chi connectivity index (χ0v) is 13.2. The third-order valence-corrected chi connectivity index (χ3v) is 4.72. The van der Waals surface area contributed by atoms with E-state index in [2.05, 4.69) is 4.72 Å². The highest BCUT2D eigenvalue weighted by molar-refractivity contribution is 7.92. The highest BCUT2D eigenvalue weighted by Gasteiger charge is 2.15. The molecule has 2 aromatic carbocycles. The molecule has 0 bridgehead atoms. The third-order valence-electron chi connectivity index (χ3n) is 3.03. The molecule has 1 N–H and O–H groups in total. The molecule has 0 saturated carbocycles. The van der Waals surface area contributed by atoms with Crippen molar-refractivity contribution in [1.82, 2.24) is 0 Å². The number of anilines is 1. The Kier molecular flexibility index (Phi) is 4.54. The van der Waals surface area contributed by atoms with Crippen LogP contribution in [0.2, 0.25) is 5.02 Å². The summed E-state index contributed by atoms with van der Waals surface area (Å²) in [4.78, 5) is 0.146. The Labute approximate surface area is 128 Å². The Morgan fingerprint density at radius 2 is 1.71 bits per heavy atom. The molecule has 0 saturated heterocycles. The van der Waals surface area contributed by atoms with Gasteiger partial charge in [-0.2, -0.15) is 0 Å². The van der Waals surface area contributed by atoms with Crippen molar-refractivity contribution < 1.29 is 12.8 Å². The molecule has 0 unspecified atom stereocenters. The van der Waals surface area contributed by atoms with E-state index < -0.39 is 15.8 Å². The topological polar surface area (TPSA) is 46.2 Å². The standard InChI is InChI=1S/C15H15ClFNO2S/c1-10(2)11-3-6-13(7-4-11)21(19,20)18-12-5-8-15(17)14(16)9-12/h3-10,18H,1-2H3. The number of hydrogen-bond donors (Lipinski definition) is 1. The number of nitrogens with one attached hydrogen (secondary N) is 1. The highest BCUT2D eigenvalue weighted by Crippen LogP contribution is 2.23. The summed E-state index contributed by atoms with van der Waals surface area (Å²) in [5.41, 5.74) is 1.27. The van der Waals surface area contributed by atoms with Gasteiger partial charge in [0, 0.05) is 0 Å². The molecule has 0 aliphatic rings. The summed E-state index contributed by atoms with van der Waals surface area (Å²) in [6.07, 6.45) is 0. The largest absolute Gasteiger partial charge is 0.280 e. The second-order valence-electron chi connectivity index (χ2n) is 4.96. The van der Waals surface area contributed by atoms with Crippen LogP contribution in [0, 0.1) is 5.82 Å². The molecule has 112 valence electrons. The molecule has 0 heterocycles. The van der Waals surface area contributed by atoms with E-state index in [-0.39, 0.29) is 15.6 Å². The lowest BCUT2D eigenvalue weighted by Crippen LogP contribution is -2.13. The van der Waals surface area contributed by atoms with Crippen LogP contribution in [-0.2, 0) is 10.0 Å². The quantitative estimate of drug-likeness (QED) is 0.904. The SMILES string of the molecule is CC(C)c1ccc(S(=O)(=O)Nc2ccc(F)c(Cl)c2)cc1. The number of benzene rings is 2. The van der Waals surface area contributed by atoms with E-state index in [1.54, 1.807) is 24.3 Å². The normalized spacial score (nSPS) is 11.7. The van der Waals surface area contributed by atoms with Crippen LogP contribution in [0.1, 0.15) is 25.3 Å². The molecule has 0 amide bonds. The van der Waals surface area contributed by atoms with E-state index in [1.807, 2.05) is 13.8 Å². The van der Waals surface area contributed by atoms with E-state index in [9.17, 15) is 12.8 Å². The van der Waals surface area contributed by atoms with Crippen molar-refractivity contribution in [3.05, 3.63) is 58.9 Å². The van der Waals surface area contributed by atoms with Crippen molar-refractivity contribution in [1.29, 1.82) is 0 Å². The molecule has 0 aliphatic carbocycles. The van der Waals surface area contributed by atoms with E-state index in [0.29, 0.717) is 5.92 Å². The third kappa shape index (κ3) is 3.74. The van der Waals surface area contributed by atoms with Gasteiger partial charge < -0.3 is 0 Å². The van der Waals surface area contributed by atoms with Crippen LogP contribution in [0.3, 0.4) is 0 Å². The minimum Gasteiger partial charge on any atom is -0.280 e. The minimum atomic E-state index is -3.72. The fourth-order valence-electron chi connectivity index (χ4n) is 1.81. The molecule has 0 spiro atoms. The van der Waals surface area contributed by atoms with Gasteiger partial charge in [0.2, 0.25) is 0 Å². The first kappa shape index (κ1) is 15.8. The first-order chi connectivity index (χ1) is 9.79. The molecule has 0 radical (unpaired) electrons. The fraction of sp³-hybridized carbons (Fsp3) is 0.200. The summed E-state index contributed by atoms with van der Waals surface area (Å²) < 4.78 is 39.9. The molecular weight excluding hydrogens is 313 g/mol. The molecule has 0 atom stereocenters. The Morgan fingerprint density at radius 1 is 1.10 bits per heavy atom. The Bertz CT molecular complexity index is 743. The predicted octanol–water partition coefficient (Wildman–Crippen LogP) is 4.40. The van der Waals surface area contributed by atoms with Crippen molar-refractivity contribution >= 4 is 27.3 Å². The van der Waals surface area contributed by atoms with Gasteiger partial charge in [0.1, 0.15) is 5.82 Å². The molecule has 0 fully saturated rings. The molecule has 21 heavy (non-hydrogen) atoms. The van der Waals surface area contributed by atoms with Crippen LogP contribution in [0.15, 0.2) is 47.4 Å². The molecule has 2 aromatic rings. The van der Waals surface area contributed by atoms with Crippen LogP contribution in [0.5, 0.6) is 0 Å². The van der Waals surface area contributed by atoms with Gasteiger partial charge in [-0.3, -0.25) is 4.72 Å².